The van der Waals surface area contributed by atoms with Crippen molar-refractivity contribution in [2.45, 2.75) is 6.92 Å². The fraction of sp³-hybridized carbons (Fsp3) is 0.0909. The van der Waals surface area contributed by atoms with Crippen molar-refractivity contribution in [3.8, 4) is 5.69 Å². The highest BCUT2D eigenvalue weighted by Gasteiger charge is 2.16. The number of benzene rings is 1. The van der Waals surface area contributed by atoms with E-state index in [1.54, 1.807) is 6.92 Å². The zero-order chi connectivity index (χ0) is 14.9. The molecule has 0 aliphatic heterocycles. The molecule has 0 aliphatic rings. The molecule has 0 aliphatic carbocycles. The number of aryl methyl sites for hydroxylation is 1. The van der Waals surface area contributed by atoms with Gasteiger partial charge in [0.25, 0.3) is 5.69 Å². The predicted octanol–water partition coefficient (Wildman–Crippen LogP) is 1.84. The third-order valence-electron chi connectivity index (χ3n) is 2.66. The summed E-state index contributed by atoms with van der Waals surface area (Å²) in [5.41, 5.74) is 6.57. The van der Waals surface area contributed by atoms with Gasteiger partial charge in [0.2, 0.25) is 0 Å². The lowest BCUT2D eigenvalue weighted by molar-refractivity contribution is -0.384. The highest BCUT2D eigenvalue weighted by atomic mass is 35.5. The number of hydrogen-bond donors (Lipinski definition) is 2. The zero-order valence-electron chi connectivity index (χ0n) is 10.3. The van der Waals surface area contributed by atoms with Gasteiger partial charge in [0.05, 0.1) is 26.9 Å². The number of nitro benzene ring substituents is 1. The van der Waals surface area contributed by atoms with Gasteiger partial charge in [-0.15, -0.1) is 0 Å². The molecule has 0 unspecified atom stereocenters. The van der Waals surface area contributed by atoms with E-state index < -0.39 is 4.92 Å². The van der Waals surface area contributed by atoms with E-state index in [-0.39, 0.29) is 17.1 Å². The number of oxime groups is 1. The Labute approximate surface area is 118 Å². The molecule has 9 heteroatoms. The Balaban J connectivity index is 2.66. The summed E-state index contributed by atoms with van der Waals surface area (Å²) < 4.78 is 1.41. The van der Waals surface area contributed by atoms with Gasteiger partial charge in [0, 0.05) is 18.3 Å². The van der Waals surface area contributed by atoms with E-state index in [1.807, 2.05) is 0 Å². The summed E-state index contributed by atoms with van der Waals surface area (Å²) in [6.07, 6.45) is 1.53. The molecule has 1 aromatic heterocycles. The van der Waals surface area contributed by atoms with Crippen LogP contribution in [-0.4, -0.2) is 25.7 Å². The van der Waals surface area contributed by atoms with Crippen LogP contribution in [0.5, 0.6) is 0 Å². The van der Waals surface area contributed by atoms with E-state index >= 15 is 0 Å². The lowest BCUT2D eigenvalue weighted by atomic mass is 10.1. The maximum Gasteiger partial charge on any atom is 0.270 e. The van der Waals surface area contributed by atoms with Crippen LogP contribution in [0.15, 0.2) is 29.6 Å². The maximum absolute atomic E-state index is 10.8. The van der Waals surface area contributed by atoms with Gasteiger partial charge in [-0.05, 0) is 13.0 Å². The van der Waals surface area contributed by atoms with E-state index in [0.717, 1.165) is 0 Å². The fourth-order valence-electron chi connectivity index (χ4n) is 1.66. The van der Waals surface area contributed by atoms with Crippen molar-refractivity contribution in [3.05, 3.63) is 50.8 Å². The first-order valence-electron chi connectivity index (χ1n) is 5.42. The van der Waals surface area contributed by atoms with Crippen molar-refractivity contribution >= 4 is 23.1 Å². The summed E-state index contributed by atoms with van der Waals surface area (Å²) in [7, 11) is 0. The first-order valence-corrected chi connectivity index (χ1v) is 5.80. The van der Waals surface area contributed by atoms with Crippen molar-refractivity contribution in [1.82, 2.24) is 9.78 Å². The van der Waals surface area contributed by atoms with Gasteiger partial charge in [-0.25, -0.2) is 4.68 Å². The quantitative estimate of drug-likeness (QED) is 0.294. The molecule has 1 aromatic carbocycles. The normalized spacial score (nSPS) is 11.6. The van der Waals surface area contributed by atoms with Crippen LogP contribution in [0.25, 0.3) is 5.69 Å². The zero-order valence-corrected chi connectivity index (χ0v) is 11.1. The van der Waals surface area contributed by atoms with Gasteiger partial charge >= 0.3 is 0 Å². The number of aromatic nitrogens is 2. The third-order valence-corrected chi connectivity index (χ3v) is 3.03. The average Bonchev–Trinajstić information content (AvgIpc) is 2.77. The second-order valence-corrected chi connectivity index (χ2v) is 4.36. The van der Waals surface area contributed by atoms with Crippen LogP contribution in [0.4, 0.5) is 5.69 Å². The Bertz CT molecular complexity index is 691. The summed E-state index contributed by atoms with van der Waals surface area (Å²) in [6.45, 7) is 1.72. The molecular weight excluding hydrogens is 286 g/mol. The second kappa shape index (κ2) is 5.17. The van der Waals surface area contributed by atoms with Gasteiger partial charge in [-0.3, -0.25) is 10.1 Å². The van der Waals surface area contributed by atoms with Crippen LogP contribution in [0.3, 0.4) is 0 Å². The number of amidine groups is 1. The first kappa shape index (κ1) is 13.8. The van der Waals surface area contributed by atoms with Crippen LogP contribution in [0.2, 0.25) is 5.02 Å². The molecule has 2 aromatic rings. The first-order chi connectivity index (χ1) is 9.43. The van der Waals surface area contributed by atoms with Crippen molar-refractivity contribution in [3.63, 3.8) is 0 Å². The van der Waals surface area contributed by atoms with Crippen LogP contribution in [0, 0.1) is 17.0 Å². The average molecular weight is 296 g/mol. The lowest BCUT2D eigenvalue weighted by Gasteiger charge is -2.08. The van der Waals surface area contributed by atoms with E-state index in [0.29, 0.717) is 16.4 Å². The number of hydrogen-bond acceptors (Lipinski definition) is 5. The number of nitrogens with zero attached hydrogens (tertiary/aromatic N) is 4. The molecule has 0 radical (unpaired) electrons. The molecule has 0 atom stereocenters. The molecule has 0 amide bonds. The molecule has 20 heavy (non-hydrogen) atoms. The Morgan fingerprint density at radius 2 is 2.30 bits per heavy atom. The van der Waals surface area contributed by atoms with Crippen LogP contribution >= 0.6 is 11.6 Å². The highest BCUT2D eigenvalue weighted by molar-refractivity contribution is 6.31. The van der Waals surface area contributed by atoms with Crippen LogP contribution in [0.1, 0.15) is 11.3 Å². The number of halogens is 1. The highest BCUT2D eigenvalue weighted by Crippen LogP contribution is 2.23. The van der Waals surface area contributed by atoms with E-state index in [9.17, 15) is 10.1 Å². The van der Waals surface area contributed by atoms with Crippen LogP contribution in [-0.2, 0) is 0 Å². The van der Waals surface area contributed by atoms with Gasteiger partial charge in [0.1, 0.15) is 0 Å². The Kier molecular flexibility index (Phi) is 3.57. The number of non-ortho nitro benzene ring substituents is 1. The molecule has 0 saturated heterocycles. The summed E-state index contributed by atoms with van der Waals surface area (Å²) >= 11 is 5.92. The van der Waals surface area contributed by atoms with Crippen LogP contribution < -0.4 is 5.73 Å². The summed E-state index contributed by atoms with van der Waals surface area (Å²) in [5.74, 6) is -0.257. The minimum Gasteiger partial charge on any atom is -0.409 e. The molecule has 0 bridgehead atoms. The standard InChI is InChI=1S/C11H10ClN5O3/c1-6-9(12)5-16(14-6)10-3-2-7(17(19)20)4-8(10)11(13)15-18/h2-5,18H,1H3,(H2,13,15). The summed E-state index contributed by atoms with van der Waals surface area (Å²) in [5, 5.41) is 27.0. The monoisotopic (exact) mass is 295 g/mol. The molecule has 0 spiro atoms. The largest absolute Gasteiger partial charge is 0.409 e. The van der Waals surface area contributed by atoms with Crippen molar-refractivity contribution in [1.29, 1.82) is 0 Å². The van der Waals surface area contributed by atoms with Gasteiger partial charge in [-0.2, -0.15) is 5.10 Å². The SMILES string of the molecule is Cc1nn(-c2ccc([N+](=O)[O-])cc2C(N)=NO)cc1Cl. The van der Waals surface area contributed by atoms with Crippen molar-refractivity contribution in [2.24, 2.45) is 10.9 Å². The topological polar surface area (TPSA) is 120 Å². The molecule has 2 rings (SSSR count). The van der Waals surface area contributed by atoms with Gasteiger partial charge < -0.3 is 10.9 Å². The lowest BCUT2D eigenvalue weighted by Crippen LogP contribution is -2.17. The molecule has 1 heterocycles. The minimum atomic E-state index is -0.570. The van der Waals surface area contributed by atoms with Gasteiger partial charge in [0.15, 0.2) is 5.84 Å². The third kappa shape index (κ3) is 2.41. The van der Waals surface area contributed by atoms with Gasteiger partial charge in [-0.1, -0.05) is 16.8 Å². The van der Waals surface area contributed by atoms with Crippen molar-refractivity contribution in [2.75, 3.05) is 0 Å². The van der Waals surface area contributed by atoms with Crippen molar-refractivity contribution < 1.29 is 10.1 Å². The van der Waals surface area contributed by atoms with E-state index in [4.69, 9.17) is 22.5 Å². The van der Waals surface area contributed by atoms with E-state index in [1.165, 1.54) is 29.1 Å². The molecular formula is C11H10ClN5O3. The molecule has 104 valence electrons. The maximum atomic E-state index is 10.8. The number of rotatable bonds is 3. The number of nitrogens with two attached hydrogens (primary N) is 1. The van der Waals surface area contributed by atoms with E-state index in [2.05, 4.69) is 10.3 Å². The second-order valence-electron chi connectivity index (χ2n) is 3.95. The molecule has 0 fully saturated rings. The summed E-state index contributed by atoms with van der Waals surface area (Å²) in [6, 6.07) is 3.96. The Morgan fingerprint density at radius 1 is 1.60 bits per heavy atom. The predicted molar refractivity (Wildman–Crippen MR) is 72.5 cm³/mol. The molecule has 8 nitrogen and oxygen atoms in total. The number of nitro groups is 1. The molecule has 3 N–H and O–H groups in total. The Hall–Kier alpha value is -2.61. The minimum absolute atomic E-state index is 0.176. The summed E-state index contributed by atoms with van der Waals surface area (Å²) in [4.78, 5) is 10.2. The molecule has 0 saturated carbocycles. The Morgan fingerprint density at radius 3 is 2.80 bits per heavy atom. The smallest absolute Gasteiger partial charge is 0.270 e. The fourth-order valence-corrected chi connectivity index (χ4v) is 1.79.